The first-order valence-electron chi connectivity index (χ1n) is 11.1. The molecule has 4 aliphatic rings. The second-order valence-electron chi connectivity index (χ2n) is 9.79. The largest absolute Gasteiger partial charge is 0.330 e. The molecule has 4 aliphatic carbocycles. The molecule has 0 bridgehead atoms. The lowest BCUT2D eigenvalue weighted by molar-refractivity contribution is -0.132. The zero-order chi connectivity index (χ0) is 19.4. The summed E-state index contributed by atoms with van der Waals surface area (Å²) in [5.41, 5.74) is 7.84. The lowest BCUT2D eigenvalue weighted by Gasteiger charge is -2.60. The summed E-state index contributed by atoms with van der Waals surface area (Å²) in [5, 5.41) is 0. The molecule has 3 fully saturated rings. The summed E-state index contributed by atoms with van der Waals surface area (Å²) in [5.74, 6) is 3.03. The van der Waals surface area contributed by atoms with E-state index in [0.29, 0.717) is 42.4 Å². The number of hydrogen-bond donors (Lipinski definition) is 1. The smallest absolute Gasteiger partial charge is 0.178 e. The Bertz CT molecular complexity index is 707. The Labute approximate surface area is 163 Å². The van der Waals surface area contributed by atoms with Gasteiger partial charge in [0.15, 0.2) is 5.78 Å². The number of allylic oxidation sites excluding steroid dienone is 4. The van der Waals surface area contributed by atoms with Crippen molar-refractivity contribution in [2.75, 3.05) is 6.54 Å². The maximum atomic E-state index is 12.7. The topological polar surface area (TPSA) is 60.2 Å². The van der Waals surface area contributed by atoms with Gasteiger partial charge in [0.1, 0.15) is 5.78 Å². The van der Waals surface area contributed by atoms with Gasteiger partial charge in [-0.05, 0) is 86.3 Å². The normalized spacial score (nSPS) is 45.7. The standard InChI is InChI=1S/C24H35NO2/c1-4-21(27)20-9-8-19-18-7-6-16-12-17(26)10-11-24(16,5-2)22(18)15(14-25)13-23(19,20)3/h10-12,15,18-20,22H,4-9,13-14,25H2,1-3H3. The molecular weight excluding hydrogens is 334 g/mol. The van der Waals surface area contributed by atoms with Crippen LogP contribution in [0, 0.1) is 40.4 Å². The molecule has 0 spiro atoms. The Morgan fingerprint density at radius 2 is 2.04 bits per heavy atom. The molecular formula is C24H35NO2. The van der Waals surface area contributed by atoms with E-state index in [2.05, 4.69) is 19.9 Å². The van der Waals surface area contributed by atoms with Gasteiger partial charge < -0.3 is 5.73 Å². The third-order valence-electron chi connectivity index (χ3n) is 9.02. The van der Waals surface area contributed by atoms with Crippen molar-refractivity contribution in [3.05, 3.63) is 23.8 Å². The average molecular weight is 370 g/mol. The Morgan fingerprint density at radius 1 is 1.26 bits per heavy atom. The summed E-state index contributed by atoms with van der Waals surface area (Å²) in [6.07, 6.45) is 13.2. The molecule has 0 radical (unpaired) electrons. The van der Waals surface area contributed by atoms with E-state index in [1.165, 1.54) is 12.0 Å². The number of carbonyl (C=O) groups excluding carboxylic acids is 2. The fourth-order valence-corrected chi connectivity index (χ4v) is 7.97. The van der Waals surface area contributed by atoms with Crippen molar-refractivity contribution in [1.29, 1.82) is 0 Å². The van der Waals surface area contributed by atoms with Gasteiger partial charge in [0.05, 0.1) is 0 Å². The third kappa shape index (κ3) is 2.57. The molecule has 0 saturated heterocycles. The number of rotatable bonds is 4. The third-order valence-corrected chi connectivity index (χ3v) is 9.02. The molecule has 0 heterocycles. The van der Waals surface area contributed by atoms with Crippen molar-refractivity contribution in [3.63, 3.8) is 0 Å². The van der Waals surface area contributed by atoms with E-state index in [4.69, 9.17) is 5.73 Å². The van der Waals surface area contributed by atoms with E-state index in [-0.39, 0.29) is 22.5 Å². The van der Waals surface area contributed by atoms with Crippen LogP contribution < -0.4 is 5.73 Å². The number of hydrogen-bond acceptors (Lipinski definition) is 3. The molecule has 0 amide bonds. The Morgan fingerprint density at radius 3 is 2.70 bits per heavy atom. The van der Waals surface area contributed by atoms with Crippen molar-refractivity contribution in [1.82, 2.24) is 0 Å². The van der Waals surface area contributed by atoms with Gasteiger partial charge in [-0.2, -0.15) is 0 Å². The van der Waals surface area contributed by atoms with E-state index in [1.807, 2.05) is 13.0 Å². The van der Waals surface area contributed by atoms with Crippen LogP contribution >= 0.6 is 0 Å². The molecule has 2 N–H and O–H groups in total. The maximum Gasteiger partial charge on any atom is 0.178 e. The molecule has 3 heteroatoms. The van der Waals surface area contributed by atoms with Crippen LogP contribution in [0.4, 0.5) is 0 Å². The molecule has 148 valence electrons. The van der Waals surface area contributed by atoms with Gasteiger partial charge >= 0.3 is 0 Å². The zero-order valence-electron chi connectivity index (χ0n) is 17.2. The number of carbonyl (C=O) groups is 2. The van der Waals surface area contributed by atoms with Crippen molar-refractivity contribution < 1.29 is 9.59 Å². The van der Waals surface area contributed by atoms with E-state index < -0.39 is 0 Å². The molecule has 7 unspecified atom stereocenters. The van der Waals surface area contributed by atoms with E-state index >= 15 is 0 Å². The van der Waals surface area contributed by atoms with Crippen molar-refractivity contribution >= 4 is 11.6 Å². The van der Waals surface area contributed by atoms with E-state index in [0.717, 1.165) is 32.1 Å². The number of nitrogens with two attached hydrogens (primary N) is 1. The summed E-state index contributed by atoms with van der Waals surface area (Å²) < 4.78 is 0. The van der Waals surface area contributed by atoms with Crippen LogP contribution in [-0.2, 0) is 9.59 Å². The van der Waals surface area contributed by atoms with Gasteiger partial charge in [-0.15, -0.1) is 0 Å². The predicted molar refractivity (Wildman–Crippen MR) is 108 cm³/mol. The molecule has 0 aliphatic heterocycles. The molecule has 0 aromatic carbocycles. The monoisotopic (exact) mass is 369 g/mol. The molecule has 27 heavy (non-hydrogen) atoms. The SMILES string of the molecule is CCC(=O)C1CCC2C3CCC4=CC(=O)C=CC4(CC)C3C(CN)CC12C. The van der Waals surface area contributed by atoms with Crippen LogP contribution in [0.2, 0.25) is 0 Å². The second-order valence-corrected chi connectivity index (χ2v) is 9.79. The Balaban J connectivity index is 1.76. The maximum absolute atomic E-state index is 12.7. The van der Waals surface area contributed by atoms with Gasteiger partial charge in [-0.3, -0.25) is 9.59 Å². The molecule has 0 aromatic heterocycles. The first-order chi connectivity index (χ1) is 12.9. The van der Waals surface area contributed by atoms with Crippen molar-refractivity contribution in [2.24, 2.45) is 46.2 Å². The van der Waals surface area contributed by atoms with Gasteiger partial charge in [0.2, 0.25) is 0 Å². The van der Waals surface area contributed by atoms with Crippen LogP contribution in [0.25, 0.3) is 0 Å². The highest BCUT2D eigenvalue weighted by Gasteiger charge is 2.62. The lowest BCUT2D eigenvalue weighted by atomic mass is 9.43. The van der Waals surface area contributed by atoms with E-state index in [1.54, 1.807) is 6.08 Å². The highest BCUT2D eigenvalue weighted by atomic mass is 16.1. The van der Waals surface area contributed by atoms with Crippen molar-refractivity contribution in [3.8, 4) is 0 Å². The minimum atomic E-state index is 0.00897. The number of ketones is 2. The minimum Gasteiger partial charge on any atom is -0.330 e. The van der Waals surface area contributed by atoms with Gasteiger partial charge in [-0.1, -0.05) is 32.4 Å². The minimum absolute atomic E-state index is 0.00897. The summed E-state index contributed by atoms with van der Waals surface area (Å²) in [6.45, 7) is 7.37. The average Bonchev–Trinajstić information content (AvgIpc) is 3.03. The molecule has 4 rings (SSSR count). The predicted octanol–water partition coefficient (Wildman–Crippen LogP) is 4.46. The van der Waals surface area contributed by atoms with Gasteiger partial charge in [-0.25, -0.2) is 0 Å². The zero-order valence-corrected chi connectivity index (χ0v) is 17.2. The Hall–Kier alpha value is -1.22. The number of Topliss-reactive ketones (excluding diaryl/α,β-unsaturated/α-hetero) is 1. The van der Waals surface area contributed by atoms with Crippen LogP contribution in [0.3, 0.4) is 0 Å². The summed E-state index contributed by atoms with van der Waals surface area (Å²) >= 11 is 0. The fourth-order valence-electron chi connectivity index (χ4n) is 7.97. The summed E-state index contributed by atoms with van der Waals surface area (Å²) in [4.78, 5) is 24.8. The van der Waals surface area contributed by atoms with Crippen LogP contribution in [0.15, 0.2) is 23.8 Å². The first kappa shape index (κ1) is 19.1. The molecule has 0 aromatic rings. The quantitative estimate of drug-likeness (QED) is 0.795. The fraction of sp³-hybridized carbons (Fsp3) is 0.750. The van der Waals surface area contributed by atoms with Crippen molar-refractivity contribution in [2.45, 2.75) is 65.7 Å². The number of fused-ring (bicyclic) bond motifs is 5. The molecule has 7 atom stereocenters. The van der Waals surface area contributed by atoms with Crippen LogP contribution in [0.1, 0.15) is 65.7 Å². The highest BCUT2D eigenvalue weighted by Crippen LogP contribution is 2.68. The lowest BCUT2D eigenvalue weighted by Crippen LogP contribution is -2.56. The summed E-state index contributed by atoms with van der Waals surface area (Å²) in [6, 6.07) is 0. The first-order valence-corrected chi connectivity index (χ1v) is 11.1. The van der Waals surface area contributed by atoms with Gasteiger partial charge in [0, 0.05) is 17.8 Å². The van der Waals surface area contributed by atoms with Crippen LogP contribution in [0.5, 0.6) is 0 Å². The molecule has 3 saturated carbocycles. The summed E-state index contributed by atoms with van der Waals surface area (Å²) in [7, 11) is 0. The van der Waals surface area contributed by atoms with E-state index in [9.17, 15) is 9.59 Å². The van der Waals surface area contributed by atoms with Gasteiger partial charge in [0.25, 0.3) is 0 Å². The molecule has 3 nitrogen and oxygen atoms in total. The second kappa shape index (κ2) is 6.69. The van der Waals surface area contributed by atoms with Crippen LogP contribution in [-0.4, -0.2) is 18.1 Å². The highest BCUT2D eigenvalue weighted by molar-refractivity contribution is 6.01. The Kier molecular flexibility index (Phi) is 4.73.